The van der Waals surface area contributed by atoms with Crippen LogP contribution in [-0.4, -0.2) is 80.8 Å². The maximum atomic E-state index is 12.3. The van der Waals surface area contributed by atoms with Crippen LogP contribution >= 0.6 is 0 Å². The maximum absolute atomic E-state index is 12.3. The third-order valence-electron chi connectivity index (χ3n) is 4.73. The zero-order valence-corrected chi connectivity index (χ0v) is 18.7. The summed E-state index contributed by atoms with van der Waals surface area (Å²) in [7, 11) is 4.60. The van der Waals surface area contributed by atoms with Gasteiger partial charge in [0.05, 0.1) is 13.7 Å². The van der Waals surface area contributed by atoms with Crippen molar-refractivity contribution in [2.75, 3.05) is 34.3 Å². The number of ether oxygens (including phenoxy) is 5. The van der Waals surface area contributed by atoms with Crippen LogP contribution in [0, 0.1) is 0 Å². The van der Waals surface area contributed by atoms with Gasteiger partial charge in [-0.3, -0.25) is 4.79 Å². The van der Waals surface area contributed by atoms with Gasteiger partial charge in [-0.2, -0.15) is 0 Å². The Balaban J connectivity index is 2.14. The van der Waals surface area contributed by atoms with Crippen LogP contribution in [0.5, 0.6) is 11.5 Å². The van der Waals surface area contributed by atoms with E-state index in [0.717, 1.165) is 0 Å². The SMILES string of the molecule is CNCCN(C)C(=O)Oc1cc(O[C@H]2C[C@@H](OC(C)=O)C[C@@H](C(=O)OC)O2)ccc1CO. The van der Waals surface area contributed by atoms with Gasteiger partial charge in [0.25, 0.3) is 0 Å². The standard InChI is InChI=1S/C21H30N2O9/c1-13(25)29-16-10-18(20(26)28-4)31-19(11-16)30-15-6-5-14(12-24)17(9-15)32-21(27)23(3)8-7-22-2/h5-6,9,16,18-19,22,24H,7-8,10-12H2,1-4H3/t16-,18-,19+/m0/s1. The molecule has 0 aromatic heterocycles. The molecule has 0 bridgehead atoms. The fraction of sp³-hybridized carbons (Fsp3) is 0.571. The predicted molar refractivity (Wildman–Crippen MR) is 111 cm³/mol. The summed E-state index contributed by atoms with van der Waals surface area (Å²) in [5.74, 6) is -0.684. The zero-order chi connectivity index (χ0) is 23.7. The Kier molecular flexibility index (Phi) is 9.69. The minimum Gasteiger partial charge on any atom is -0.467 e. The molecule has 32 heavy (non-hydrogen) atoms. The number of nitrogens with zero attached hydrogens (tertiary/aromatic N) is 1. The Morgan fingerprint density at radius 3 is 2.66 bits per heavy atom. The lowest BCUT2D eigenvalue weighted by Crippen LogP contribution is -2.44. The molecular weight excluding hydrogens is 424 g/mol. The van der Waals surface area contributed by atoms with Crippen LogP contribution in [0.1, 0.15) is 25.3 Å². The van der Waals surface area contributed by atoms with Gasteiger partial charge in [-0.25, -0.2) is 9.59 Å². The fourth-order valence-corrected chi connectivity index (χ4v) is 3.06. The second-order valence-corrected chi connectivity index (χ2v) is 7.22. The topological polar surface area (TPSA) is 133 Å². The molecule has 2 rings (SSSR count). The molecule has 0 radical (unpaired) electrons. The van der Waals surface area contributed by atoms with Gasteiger partial charge in [0.2, 0.25) is 6.29 Å². The smallest absolute Gasteiger partial charge is 0.415 e. The molecule has 11 heteroatoms. The summed E-state index contributed by atoms with van der Waals surface area (Å²) in [4.78, 5) is 37.0. The van der Waals surface area contributed by atoms with E-state index >= 15 is 0 Å². The number of amides is 1. The van der Waals surface area contributed by atoms with Crippen LogP contribution in [0.4, 0.5) is 4.79 Å². The first kappa shape index (κ1) is 25.4. The van der Waals surface area contributed by atoms with Crippen molar-refractivity contribution in [2.24, 2.45) is 0 Å². The van der Waals surface area contributed by atoms with Crippen LogP contribution in [0.15, 0.2) is 18.2 Å². The van der Waals surface area contributed by atoms with E-state index in [9.17, 15) is 19.5 Å². The molecule has 1 aliphatic heterocycles. The predicted octanol–water partition coefficient (Wildman–Crippen LogP) is 0.818. The Hall–Kier alpha value is -2.89. The molecule has 2 N–H and O–H groups in total. The molecule has 1 fully saturated rings. The molecular formula is C21H30N2O9. The van der Waals surface area contributed by atoms with Crippen molar-refractivity contribution in [3.63, 3.8) is 0 Å². The summed E-state index contributed by atoms with van der Waals surface area (Å²) in [6.07, 6.45) is -2.72. The second-order valence-electron chi connectivity index (χ2n) is 7.22. The van der Waals surface area contributed by atoms with Gasteiger partial charge in [-0.05, 0) is 19.2 Å². The Labute approximate surface area is 186 Å². The molecule has 3 atom stereocenters. The highest BCUT2D eigenvalue weighted by Gasteiger charge is 2.37. The number of likely N-dealkylation sites (N-methyl/N-ethyl adjacent to an activating group) is 2. The highest BCUT2D eigenvalue weighted by atomic mass is 16.7. The van der Waals surface area contributed by atoms with Gasteiger partial charge in [0.1, 0.15) is 17.6 Å². The summed E-state index contributed by atoms with van der Waals surface area (Å²) in [5, 5.41) is 12.5. The molecule has 1 aromatic carbocycles. The van der Waals surface area contributed by atoms with Crippen molar-refractivity contribution in [3.8, 4) is 11.5 Å². The first-order valence-electron chi connectivity index (χ1n) is 10.2. The first-order chi connectivity index (χ1) is 15.3. The van der Waals surface area contributed by atoms with Crippen molar-refractivity contribution in [2.45, 2.75) is 44.9 Å². The first-order valence-corrected chi connectivity index (χ1v) is 10.2. The van der Waals surface area contributed by atoms with Gasteiger partial charge < -0.3 is 39.0 Å². The number of methoxy groups -OCH3 is 1. The van der Waals surface area contributed by atoms with E-state index in [1.54, 1.807) is 26.2 Å². The second kappa shape index (κ2) is 12.2. The van der Waals surface area contributed by atoms with Crippen LogP contribution < -0.4 is 14.8 Å². The van der Waals surface area contributed by atoms with E-state index in [4.69, 9.17) is 23.7 Å². The van der Waals surface area contributed by atoms with Crippen molar-refractivity contribution in [1.82, 2.24) is 10.2 Å². The third-order valence-corrected chi connectivity index (χ3v) is 4.73. The largest absolute Gasteiger partial charge is 0.467 e. The normalized spacial score (nSPS) is 20.2. The van der Waals surface area contributed by atoms with Crippen molar-refractivity contribution in [1.29, 1.82) is 0 Å². The van der Waals surface area contributed by atoms with Crippen molar-refractivity contribution < 1.29 is 43.2 Å². The van der Waals surface area contributed by atoms with Crippen LogP contribution in [-0.2, 0) is 30.4 Å². The maximum Gasteiger partial charge on any atom is 0.415 e. The Bertz CT molecular complexity index is 801. The van der Waals surface area contributed by atoms with E-state index in [0.29, 0.717) is 18.7 Å². The van der Waals surface area contributed by atoms with E-state index < -0.39 is 36.5 Å². The molecule has 0 aliphatic carbocycles. The van der Waals surface area contributed by atoms with Crippen molar-refractivity contribution >= 4 is 18.0 Å². The Morgan fingerprint density at radius 2 is 2.03 bits per heavy atom. The highest BCUT2D eigenvalue weighted by molar-refractivity contribution is 5.75. The number of aliphatic hydroxyl groups is 1. The zero-order valence-electron chi connectivity index (χ0n) is 18.7. The molecule has 0 saturated carbocycles. The number of nitrogens with one attached hydrogen (secondary N) is 1. The van der Waals surface area contributed by atoms with Crippen LogP contribution in [0.2, 0.25) is 0 Å². The molecule has 1 amide bonds. The minimum absolute atomic E-state index is 0.128. The average molecular weight is 454 g/mol. The molecule has 0 unspecified atom stereocenters. The number of carbonyl (C=O) groups excluding carboxylic acids is 3. The molecule has 1 saturated heterocycles. The van der Waals surface area contributed by atoms with Gasteiger partial charge >= 0.3 is 18.0 Å². The number of rotatable bonds is 9. The molecule has 1 aromatic rings. The highest BCUT2D eigenvalue weighted by Crippen LogP contribution is 2.30. The van der Waals surface area contributed by atoms with E-state index in [1.807, 2.05) is 0 Å². The van der Waals surface area contributed by atoms with Gasteiger partial charge in [-0.15, -0.1) is 0 Å². The summed E-state index contributed by atoms with van der Waals surface area (Å²) in [6.45, 7) is 1.95. The Morgan fingerprint density at radius 1 is 1.28 bits per heavy atom. The monoisotopic (exact) mass is 454 g/mol. The summed E-state index contributed by atoms with van der Waals surface area (Å²) in [6, 6.07) is 4.57. The molecule has 0 spiro atoms. The lowest BCUT2D eigenvalue weighted by molar-refractivity contribution is -0.204. The molecule has 11 nitrogen and oxygen atoms in total. The summed E-state index contributed by atoms with van der Waals surface area (Å²) < 4.78 is 26.9. The van der Waals surface area contributed by atoms with E-state index in [1.165, 1.54) is 25.0 Å². The summed E-state index contributed by atoms with van der Waals surface area (Å²) >= 11 is 0. The van der Waals surface area contributed by atoms with Gasteiger partial charge in [-0.1, -0.05) is 0 Å². The molecule has 1 heterocycles. The van der Waals surface area contributed by atoms with E-state index in [2.05, 4.69) is 5.32 Å². The lowest BCUT2D eigenvalue weighted by Gasteiger charge is -2.33. The minimum atomic E-state index is -0.960. The lowest BCUT2D eigenvalue weighted by atomic mass is 10.0. The number of hydrogen-bond acceptors (Lipinski definition) is 10. The van der Waals surface area contributed by atoms with Gasteiger partial charge in [0.15, 0.2) is 6.10 Å². The summed E-state index contributed by atoms with van der Waals surface area (Å²) in [5.41, 5.74) is 0.391. The average Bonchev–Trinajstić information content (AvgIpc) is 2.76. The number of esters is 2. The number of aliphatic hydroxyl groups excluding tert-OH is 1. The van der Waals surface area contributed by atoms with Gasteiger partial charge in [0, 0.05) is 51.5 Å². The molecule has 1 aliphatic rings. The number of benzene rings is 1. The number of hydrogen-bond donors (Lipinski definition) is 2. The van der Waals surface area contributed by atoms with Crippen molar-refractivity contribution in [3.05, 3.63) is 23.8 Å². The quantitative estimate of drug-likeness (QED) is 0.517. The third kappa shape index (κ3) is 7.36. The number of carbonyl (C=O) groups is 3. The van der Waals surface area contributed by atoms with Crippen LogP contribution in [0.3, 0.4) is 0 Å². The van der Waals surface area contributed by atoms with E-state index in [-0.39, 0.29) is 30.9 Å². The fourth-order valence-electron chi connectivity index (χ4n) is 3.06. The van der Waals surface area contributed by atoms with Crippen LogP contribution in [0.25, 0.3) is 0 Å². The molecule has 178 valence electrons.